The number of halogens is 2. The van der Waals surface area contributed by atoms with Gasteiger partial charge in [-0.2, -0.15) is 13.9 Å². The number of nitrogens with one attached hydrogen (secondary N) is 2. The standard InChI is InChI=1S/C17H16F2N4O2S2/c18-16(19)25-12-5-3-11(4-6-12)7-8-20-14(24)10-23-15(21-22-17(23)26)13-2-1-9-27-13/h1-6,9,16H,7-8,10H2,(H,20,24)(H,22,26). The Bertz CT molecular complexity index is 937. The number of amides is 1. The molecule has 3 aromatic rings. The van der Waals surface area contributed by atoms with Crippen LogP contribution in [0.15, 0.2) is 41.8 Å². The molecule has 0 saturated heterocycles. The van der Waals surface area contributed by atoms with E-state index >= 15 is 0 Å². The zero-order valence-corrected chi connectivity index (χ0v) is 15.7. The lowest BCUT2D eigenvalue weighted by Crippen LogP contribution is -2.29. The summed E-state index contributed by atoms with van der Waals surface area (Å²) in [5.41, 5.74) is 0.899. The zero-order valence-electron chi connectivity index (χ0n) is 14.0. The number of thiophene rings is 1. The SMILES string of the molecule is O=C(Cn1c(-c2cccs2)n[nH]c1=S)NCCc1ccc(OC(F)F)cc1. The average molecular weight is 410 g/mol. The Kier molecular flexibility index (Phi) is 6.30. The Labute approximate surface area is 162 Å². The lowest BCUT2D eigenvalue weighted by molar-refractivity contribution is -0.121. The maximum atomic E-state index is 12.2. The molecule has 1 aromatic carbocycles. The summed E-state index contributed by atoms with van der Waals surface area (Å²) in [7, 11) is 0. The van der Waals surface area contributed by atoms with Gasteiger partial charge in [-0.25, -0.2) is 0 Å². The molecule has 0 aliphatic carbocycles. The van der Waals surface area contributed by atoms with E-state index in [4.69, 9.17) is 12.2 Å². The van der Waals surface area contributed by atoms with Crippen LogP contribution in [0, 0.1) is 4.77 Å². The normalized spacial score (nSPS) is 10.9. The highest BCUT2D eigenvalue weighted by molar-refractivity contribution is 7.71. The van der Waals surface area contributed by atoms with E-state index in [2.05, 4.69) is 20.3 Å². The third-order valence-corrected chi connectivity index (χ3v) is 4.86. The van der Waals surface area contributed by atoms with Crippen LogP contribution in [0.5, 0.6) is 5.75 Å². The lowest BCUT2D eigenvalue weighted by atomic mass is 10.1. The summed E-state index contributed by atoms with van der Waals surface area (Å²) >= 11 is 6.71. The highest BCUT2D eigenvalue weighted by Crippen LogP contribution is 2.22. The number of nitrogens with zero attached hydrogens (tertiary/aromatic N) is 2. The largest absolute Gasteiger partial charge is 0.435 e. The van der Waals surface area contributed by atoms with E-state index in [0.717, 1.165) is 10.4 Å². The topological polar surface area (TPSA) is 71.9 Å². The highest BCUT2D eigenvalue weighted by atomic mass is 32.1. The number of ether oxygens (including phenoxy) is 1. The first-order valence-electron chi connectivity index (χ1n) is 8.02. The second kappa shape index (κ2) is 8.87. The fourth-order valence-corrected chi connectivity index (χ4v) is 3.36. The van der Waals surface area contributed by atoms with Crippen molar-refractivity contribution < 1.29 is 18.3 Å². The molecule has 10 heteroatoms. The first kappa shape index (κ1) is 19.2. The van der Waals surface area contributed by atoms with Crippen LogP contribution in [0.1, 0.15) is 5.56 Å². The highest BCUT2D eigenvalue weighted by Gasteiger charge is 2.13. The van der Waals surface area contributed by atoms with Crippen LogP contribution in [0.25, 0.3) is 10.7 Å². The van der Waals surface area contributed by atoms with Crippen LogP contribution in [0.2, 0.25) is 0 Å². The molecule has 0 aliphatic heterocycles. The Morgan fingerprint density at radius 1 is 1.33 bits per heavy atom. The van der Waals surface area contributed by atoms with Gasteiger partial charge >= 0.3 is 6.61 Å². The van der Waals surface area contributed by atoms with Gasteiger partial charge in [0, 0.05) is 6.54 Å². The van der Waals surface area contributed by atoms with Crippen LogP contribution in [0.4, 0.5) is 8.78 Å². The van der Waals surface area contributed by atoms with E-state index in [1.54, 1.807) is 16.7 Å². The number of H-pyrrole nitrogens is 1. The van der Waals surface area contributed by atoms with Gasteiger partial charge in [0.05, 0.1) is 4.88 Å². The molecule has 0 unspecified atom stereocenters. The first-order valence-corrected chi connectivity index (χ1v) is 9.31. The number of hydrogen-bond acceptors (Lipinski definition) is 5. The molecule has 2 aromatic heterocycles. The molecular weight excluding hydrogens is 394 g/mol. The van der Waals surface area contributed by atoms with E-state index in [-0.39, 0.29) is 18.2 Å². The zero-order chi connectivity index (χ0) is 19.2. The summed E-state index contributed by atoms with van der Waals surface area (Å²) < 4.78 is 30.6. The van der Waals surface area contributed by atoms with E-state index < -0.39 is 6.61 Å². The minimum Gasteiger partial charge on any atom is -0.435 e. The van der Waals surface area contributed by atoms with Crippen molar-refractivity contribution in [1.82, 2.24) is 20.1 Å². The van der Waals surface area contributed by atoms with Crippen molar-refractivity contribution in [2.75, 3.05) is 6.54 Å². The second-order valence-corrected chi connectivity index (χ2v) is 6.87. The number of alkyl halides is 2. The van der Waals surface area contributed by atoms with Crippen molar-refractivity contribution in [3.63, 3.8) is 0 Å². The Morgan fingerprint density at radius 2 is 2.11 bits per heavy atom. The third-order valence-electron chi connectivity index (χ3n) is 3.69. The van der Waals surface area contributed by atoms with Crippen molar-refractivity contribution in [3.05, 3.63) is 52.1 Å². The number of carbonyl (C=O) groups excluding carboxylic acids is 1. The quantitative estimate of drug-likeness (QED) is 0.557. The predicted molar refractivity (Wildman–Crippen MR) is 101 cm³/mol. The third kappa shape index (κ3) is 5.20. The molecule has 2 heterocycles. The molecule has 0 saturated carbocycles. The first-order chi connectivity index (χ1) is 13.0. The number of aromatic nitrogens is 3. The second-order valence-electron chi connectivity index (χ2n) is 5.54. The van der Waals surface area contributed by atoms with E-state index in [1.807, 2.05) is 17.5 Å². The lowest BCUT2D eigenvalue weighted by Gasteiger charge is -2.08. The number of carbonyl (C=O) groups is 1. The molecule has 0 atom stereocenters. The summed E-state index contributed by atoms with van der Waals surface area (Å²) in [6.45, 7) is -2.37. The average Bonchev–Trinajstić information content (AvgIpc) is 3.27. The number of benzene rings is 1. The van der Waals surface area contributed by atoms with Crippen LogP contribution >= 0.6 is 23.6 Å². The van der Waals surface area contributed by atoms with Gasteiger partial charge in [-0.1, -0.05) is 18.2 Å². The van der Waals surface area contributed by atoms with E-state index in [9.17, 15) is 13.6 Å². The molecule has 0 radical (unpaired) electrons. The minimum absolute atomic E-state index is 0.0593. The van der Waals surface area contributed by atoms with Crippen molar-refractivity contribution in [1.29, 1.82) is 0 Å². The Balaban J connectivity index is 1.52. The van der Waals surface area contributed by atoms with E-state index in [0.29, 0.717) is 23.6 Å². The molecule has 0 bridgehead atoms. The molecule has 0 aliphatic rings. The summed E-state index contributed by atoms with van der Waals surface area (Å²) in [4.78, 5) is 13.1. The molecule has 1 amide bonds. The summed E-state index contributed by atoms with van der Waals surface area (Å²) in [5.74, 6) is 0.538. The van der Waals surface area contributed by atoms with Gasteiger partial charge < -0.3 is 10.1 Å². The number of rotatable bonds is 8. The molecule has 27 heavy (non-hydrogen) atoms. The maximum absolute atomic E-state index is 12.2. The number of hydrogen-bond donors (Lipinski definition) is 2. The smallest absolute Gasteiger partial charge is 0.387 e. The fraction of sp³-hybridized carbons (Fsp3) is 0.235. The summed E-state index contributed by atoms with van der Waals surface area (Å²) in [6.07, 6.45) is 0.565. The molecule has 0 spiro atoms. The van der Waals surface area contributed by atoms with Crippen LogP contribution in [0.3, 0.4) is 0 Å². The van der Waals surface area contributed by atoms with E-state index in [1.165, 1.54) is 23.5 Å². The predicted octanol–water partition coefficient (Wildman–Crippen LogP) is 3.63. The molecule has 142 valence electrons. The van der Waals surface area contributed by atoms with Crippen molar-refractivity contribution in [3.8, 4) is 16.5 Å². The molecule has 3 rings (SSSR count). The fourth-order valence-electron chi connectivity index (χ4n) is 2.44. The van der Waals surface area contributed by atoms with Crippen LogP contribution < -0.4 is 10.1 Å². The monoisotopic (exact) mass is 410 g/mol. The van der Waals surface area contributed by atoms with Gasteiger partial charge in [0.15, 0.2) is 10.6 Å². The van der Waals surface area contributed by atoms with Crippen molar-refractivity contribution in [2.45, 2.75) is 19.6 Å². The number of aromatic amines is 1. The Hall–Kier alpha value is -2.59. The van der Waals surface area contributed by atoms with Crippen molar-refractivity contribution >= 4 is 29.5 Å². The van der Waals surface area contributed by atoms with Gasteiger partial charge in [0.1, 0.15) is 12.3 Å². The van der Waals surface area contributed by atoms with Gasteiger partial charge in [-0.15, -0.1) is 11.3 Å². The Morgan fingerprint density at radius 3 is 2.78 bits per heavy atom. The van der Waals surface area contributed by atoms with Gasteiger partial charge in [0.25, 0.3) is 0 Å². The minimum atomic E-state index is -2.84. The summed E-state index contributed by atoms with van der Waals surface area (Å²) in [5, 5.41) is 11.6. The van der Waals surface area contributed by atoms with Gasteiger partial charge in [-0.3, -0.25) is 14.5 Å². The maximum Gasteiger partial charge on any atom is 0.387 e. The van der Waals surface area contributed by atoms with Crippen molar-refractivity contribution in [2.24, 2.45) is 0 Å². The molecule has 2 N–H and O–H groups in total. The molecule has 6 nitrogen and oxygen atoms in total. The molecular formula is C17H16F2N4O2S2. The van der Waals surface area contributed by atoms with Crippen LogP contribution in [-0.4, -0.2) is 33.8 Å². The molecule has 0 fully saturated rings. The summed E-state index contributed by atoms with van der Waals surface area (Å²) in [6, 6.07) is 10.1. The van der Waals surface area contributed by atoms with Gasteiger partial charge in [0.2, 0.25) is 5.91 Å². The van der Waals surface area contributed by atoms with Gasteiger partial charge in [-0.05, 0) is 47.8 Å². The van der Waals surface area contributed by atoms with Crippen LogP contribution in [-0.2, 0) is 17.8 Å².